The van der Waals surface area contributed by atoms with Crippen LogP contribution < -0.4 is 5.32 Å². The minimum Gasteiger partial charge on any atom is -0.326 e. The van der Waals surface area contributed by atoms with E-state index in [1.807, 2.05) is 67.7 Å². The zero-order valence-corrected chi connectivity index (χ0v) is 11.5. The Morgan fingerprint density at radius 2 is 1.80 bits per heavy atom. The highest BCUT2D eigenvalue weighted by Gasteiger charge is 1.99. The maximum atomic E-state index is 11.5. The molecule has 0 bridgehead atoms. The standard InChI is InChI=1S/C17H18N2O/c1-2-6-17(20)19-16-11-9-15(10-12-16)18-13-14-7-4-3-5-8-14/h3-5,7-13H,2,6H2,1H3,(H,19,20)/b18-13+. The van der Waals surface area contributed by atoms with E-state index >= 15 is 0 Å². The van der Waals surface area contributed by atoms with Gasteiger partial charge < -0.3 is 5.32 Å². The third-order valence-corrected chi connectivity index (χ3v) is 2.79. The van der Waals surface area contributed by atoms with Crippen LogP contribution in [0.15, 0.2) is 59.6 Å². The van der Waals surface area contributed by atoms with Crippen molar-refractivity contribution < 1.29 is 4.79 Å². The second kappa shape index (κ2) is 7.24. The van der Waals surface area contributed by atoms with Gasteiger partial charge in [-0.2, -0.15) is 0 Å². The first kappa shape index (κ1) is 14.0. The first-order valence-electron chi connectivity index (χ1n) is 6.77. The van der Waals surface area contributed by atoms with Gasteiger partial charge in [-0.3, -0.25) is 9.79 Å². The van der Waals surface area contributed by atoms with Crippen LogP contribution in [-0.2, 0) is 4.79 Å². The van der Waals surface area contributed by atoms with Crippen LogP contribution in [0, 0.1) is 0 Å². The predicted octanol–water partition coefficient (Wildman–Crippen LogP) is 4.18. The van der Waals surface area contributed by atoms with Gasteiger partial charge in [0.2, 0.25) is 5.91 Å². The molecule has 3 heteroatoms. The molecular formula is C17H18N2O. The zero-order valence-electron chi connectivity index (χ0n) is 11.5. The quantitative estimate of drug-likeness (QED) is 0.810. The number of hydrogen-bond acceptors (Lipinski definition) is 2. The molecule has 102 valence electrons. The van der Waals surface area contributed by atoms with Crippen LogP contribution in [0.1, 0.15) is 25.3 Å². The molecule has 0 aromatic heterocycles. The Labute approximate surface area is 119 Å². The number of amides is 1. The Bertz CT molecular complexity index is 574. The minimum atomic E-state index is 0.0491. The lowest BCUT2D eigenvalue weighted by atomic mass is 10.2. The summed E-state index contributed by atoms with van der Waals surface area (Å²) < 4.78 is 0. The van der Waals surface area contributed by atoms with Crippen molar-refractivity contribution in [3.8, 4) is 0 Å². The number of carbonyl (C=O) groups is 1. The molecule has 0 spiro atoms. The first-order chi connectivity index (χ1) is 9.78. The molecule has 20 heavy (non-hydrogen) atoms. The molecule has 0 aliphatic heterocycles. The molecule has 2 aromatic rings. The van der Waals surface area contributed by atoms with Gasteiger partial charge in [0.05, 0.1) is 5.69 Å². The molecule has 1 N–H and O–H groups in total. The molecule has 1 amide bonds. The van der Waals surface area contributed by atoms with E-state index in [2.05, 4.69) is 10.3 Å². The van der Waals surface area contributed by atoms with E-state index in [-0.39, 0.29) is 5.91 Å². The highest BCUT2D eigenvalue weighted by molar-refractivity contribution is 5.90. The molecule has 0 saturated heterocycles. The molecular weight excluding hydrogens is 248 g/mol. The van der Waals surface area contributed by atoms with Gasteiger partial charge >= 0.3 is 0 Å². The monoisotopic (exact) mass is 266 g/mol. The predicted molar refractivity (Wildman–Crippen MR) is 83.7 cm³/mol. The highest BCUT2D eigenvalue weighted by atomic mass is 16.1. The van der Waals surface area contributed by atoms with Gasteiger partial charge in [-0.1, -0.05) is 37.3 Å². The van der Waals surface area contributed by atoms with E-state index in [4.69, 9.17) is 0 Å². The lowest BCUT2D eigenvalue weighted by molar-refractivity contribution is -0.116. The van der Waals surface area contributed by atoms with Crippen molar-refractivity contribution in [1.82, 2.24) is 0 Å². The fourth-order valence-electron chi connectivity index (χ4n) is 1.77. The third-order valence-electron chi connectivity index (χ3n) is 2.79. The molecule has 0 fully saturated rings. The van der Waals surface area contributed by atoms with Crippen LogP contribution in [0.25, 0.3) is 0 Å². The molecule has 0 radical (unpaired) electrons. The van der Waals surface area contributed by atoms with Gasteiger partial charge in [-0.25, -0.2) is 0 Å². The molecule has 2 rings (SSSR count). The molecule has 0 aliphatic rings. The van der Waals surface area contributed by atoms with E-state index in [1.165, 1.54) is 0 Å². The van der Waals surface area contributed by atoms with E-state index < -0.39 is 0 Å². The molecule has 0 saturated carbocycles. The number of carbonyl (C=O) groups excluding carboxylic acids is 1. The zero-order chi connectivity index (χ0) is 14.2. The van der Waals surface area contributed by atoms with Crippen LogP contribution in [0.2, 0.25) is 0 Å². The van der Waals surface area contributed by atoms with E-state index in [0.29, 0.717) is 6.42 Å². The lowest BCUT2D eigenvalue weighted by Gasteiger charge is -2.04. The van der Waals surface area contributed by atoms with Crippen LogP contribution in [0.4, 0.5) is 11.4 Å². The normalized spacial score (nSPS) is 10.7. The van der Waals surface area contributed by atoms with Crippen molar-refractivity contribution in [2.24, 2.45) is 4.99 Å². The third kappa shape index (κ3) is 4.35. The molecule has 0 heterocycles. The van der Waals surface area contributed by atoms with Crippen molar-refractivity contribution in [2.45, 2.75) is 19.8 Å². The Morgan fingerprint density at radius 1 is 1.10 bits per heavy atom. The van der Waals surface area contributed by atoms with Crippen LogP contribution in [-0.4, -0.2) is 12.1 Å². The van der Waals surface area contributed by atoms with Gasteiger partial charge in [0, 0.05) is 18.3 Å². The Kier molecular flexibility index (Phi) is 5.07. The fraction of sp³-hybridized carbons (Fsp3) is 0.176. The Morgan fingerprint density at radius 3 is 2.45 bits per heavy atom. The van der Waals surface area contributed by atoms with Gasteiger partial charge in [0.15, 0.2) is 0 Å². The molecule has 0 atom stereocenters. The summed E-state index contributed by atoms with van der Waals surface area (Å²) in [4.78, 5) is 15.9. The summed E-state index contributed by atoms with van der Waals surface area (Å²) >= 11 is 0. The molecule has 3 nitrogen and oxygen atoms in total. The summed E-state index contributed by atoms with van der Waals surface area (Å²) in [5.74, 6) is 0.0491. The number of nitrogens with zero attached hydrogens (tertiary/aromatic N) is 1. The van der Waals surface area contributed by atoms with Gasteiger partial charge in [-0.05, 0) is 36.2 Å². The Balaban J connectivity index is 1.98. The van der Waals surface area contributed by atoms with E-state index in [9.17, 15) is 4.79 Å². The van der Waals surface area contributed by atoms with Crippen molar-refractivity contribution in [1.29, 1.82) is 0 Å². The average molecular weight is 266 g/mol. The fourth-order valence-corrected chi connectivity index (χ4v) is 1.77. The van der Waals surface area contributed by atoms with Crippen molar-refractivity contribution in [3.63, 3.8) is 0 Å². The molecule has 0 unspecified atom stereocenters. The number of nitrogens with one attached hydrogen (secondary N) is 1. The number of aliphatic imine (C=N–C) groups is 1. The summed E-state index contributed by atoms with van der Waals surface area (Å²) in [5.41, 5.74) is 2.73. The summed E-state index contributed by atoms with van der Waals surface area (Å²) in [6.45, 7) is 1.99. The summed E-state index contributed by atoms with van der Waals surface area (Å²) in [7, 11) is 0. The van der Waals surface area contributed by atoms with Crippen LogP contribution in [0.3, 0.4) is 0 Å². The highest BCUT2D eigenvalue weighted by Crippen LogP contribution is 2.16. The number of benzene rings is 2. The summed E-state index contributed by atoms with van der Waals surface area (Å²) in [5, 5.41) is 2.85. The minimum absolute atomic E-state index is 0.0491. The Hall–Kier alpha value is -2.42. The second-order valence-electron chi connectivity index (χ2n) is 4.51. The molecule has 2 aromatic carbocycles. The summed E-state index contributed by atoms with van der Waals surface area (Å²) in [6.07, 6.45) is 3.23. The number of rotatable bonds is 5. The van der Waals surface area contributed by atoms with Crippen LogP contribution in [0.5, 0.6) is 0 Å². The molecule has 0 aliphatic carbocycles. The largest absolute Gasteiger partial charge is 0.326 e. The second-order valence-corrected chi connectivity index (χ2v) is 4.51. The van der Waals surface area contributed by atoms with Crippen LogP contribution >= 0.6 is 0 Å². The maximum Gasteiger partial charge on any atom is 0.224 e. The SMILES string of the molecule is CCCC(=O)Nc1ccc(/N=C/c2ccccc2)cc1. The van der Waals surface area contributed by atoms with E-state index in [0.717, 1.165) is 23.4 Å². The van der Waals surface area contributed by atoms with Gasteiger partial charge in [0.1, 0.15) is 0 Å². The van der Waals surface area contributed by atoms with E-state index in [1.54, 1.807) is 0 Å². The van der Waals surface area contributed by atoms with Gasteiger partial charge in [-0.15, -0.1) is 0 Å². The number of hydrogen-bond donors (Lipinski definition) is 1. The van der Waals surface area contributed by atoms with Crippen molar-refractivity contribution in [2.75, 3.05) is 5.32 Å². The smallest absolute Gasteiger partial charge is 0.224 e. The average Bonchev–Trinajstić information content (AvgIpc) is 2.48. The maximum absolute atomic E-state index is 11.5. The first-order valence-corrected chi connectivity index (χ1v) is 6.77. The number of anilines is 1. The lowest BCUT2D eigenvalue weighted by Crippen LogP contribution is -2.10. The topological polar surface area (TPSA) is 41.5 Å². The van der Waals surface area contributed by atoms with Crippen molar-refractivity contribution >= 4 is 23.5 Å². The van der Waals surface area contributed by atoms with Gasteiger partial charge in [0.25, 0.3) is 0 Å². The van der Waals surface area contributed by atoms with Crippen molar-refractivity contribution in [3.05, 3.63) is 60.2 Å². The summed E-state index contributed by atoms with van der Waals surface area (Å²) in [6, 6.07) is 17.5.